The molecule has 0 radical (unpaired) electrons. The zero-order valence-electron chi connectivity index (χ0n) is 12.4. The Hall–Kier alpha value is -0.780. The smallest absolute Gasteiger partial charge is 0.223 e. The lowest BCUT2D eigenvalue weighted by molar-refractivity contribution is -0.133. The Morgan fingerprint density at radius 3 is 2.90 bits per heavy atom. The highest BCUT2D eigenvalue weighted by Gasteiger charge is 2.22. The molecule has 0 unspecified atom stereocenters. The molecule has 1 aliphatic heterocycles. The molecule has 1 heterocycles. The maximum absolute atomic E-state index is 12.3. The Morgan fingerprint density at radius 2 is 2.29 bits per heavy atom. The van der Waals surface area contributed by atoms with Crippen molar-refractivity contribution in [2.24, 2.45) is 0 Å². The van der Waals surface area contributed by atoms with E-state index < -0.39 is 0 Å². The summed E-state index contributed by atoms with van der Waals surface area (Å²) in [7, 11) is 1.65. The van der Waals surface area contributed by atoms with Crippen molar-refractivity contribution < 1.29 is 9.53 Å². The number of amides is 1. The number of halogens is 2. The Bertz CT molecular complexity index is 485. The van der Waals surface area contributed by atoms with Crippen LogP contribution in [0.15, 0.2) is 22.7 Å². The largest absolute Gasteiger partial charge is 0.496 e. The third-order valence-corrected chi connectivity index (χ3v) is 4.29. The Kier molecular flexibility index (Phi) is 7.49. The summed E-state index contributed by atoms with van der Waals surface area (Å²) in [6.45, 7) is 4.68. The van der Waals surface area contributed by atoms with Crippen LogP contribution < -0.4 is 10.1 Å². The summed E-state index contributed by atoms with van der Waals surface area (Å²) < 4.78 is 6.14. The lowest BCUT2D eigenvalue weighted by Crippen LogP contribution is -2.52. The first kappa shape index (κ1) is 18.3. The summed E-state index contributed by atoms with van der Waals surface area (Å²) in [6, 6.07) is 6.25. The molecule has 0 aliphatic carbocycles. The van der Waals surface area contributed by atoms with Crippen LogP contribution >= 0.6 is 28.3 Å². The highest BCUT2D eigenvalue weighted by atomic mass is 79.9. The van der Waals surface area contributed by atoms with E-state index in [1.54, 1.807) is 7.11 Å². The molecule has 1 atom stereocenters. The number of ether oxygens (including phenoxy) is 1. The first-order valence-corrected chi connectivity index (χ1v) is 7.73. The molecule has 21 heavy (non-hydrogen) atoms. The molecule has 118 valence electrons. The number of hydrogen-bond donors (Lipinski definition) is 1. The summed E-state index contributed by atoms with van der Waals surface area (Å²) in [5.41, 5.74) is 1.15. The summed E-state index contributed by atoms with van der Waals surface area (Å²) in [5, 5.41) is 3.30. The van der Waals surface area contributed by atoms with E-state index in [-0.39, 0.29) is 18.3 Å². The number of benzene rings is 1. The van der Waals surface area contributed by atoms with Gasteiger partial charge in [0, 0.05) is 32.1 Å². The molecule has 1 N–H and O–H groups in total. The second-order valence-corrected chi connectivity index (χ2v) is 5.96. The predicted molar refractivity (Wildman–Crippen MR) is 90.3 cm³/mol. The number of rotatable bonds is 4. The van der Waals surface area contributed by atoms with Gasteiger partial charge >= 0.3 is 0 Å². The molecule has 4 nitrogen and oxygen atoms in total. The van der Waals surface area contributed by atoms with Crippen molar-refractivity contribution in [3.8, 4) is 5.75 Å². The van der Waals surface area contributed by atoms with Crippen LogP contribution in [0.3, 0.4) is 0 Å². The quantitative estimate of drug-likeness (QED) is 0.877. The molecule has 2 rings (SSSR count). The van der Waals surface area contributed by atoms with Crippen LogP contribution in [0.2, 0.25) is 0 Å². The van der Waals surface area contributed by atoms with E-state index in [4.69, 9.17) is 4.74 Å². The molecule has 1 fully saturated rings. The second-order valence-electron chi connectivity index (χ2n) is 5.11. The maximum Gasteiger partial charge on any atom is 0.223 e. The second kappa shape index (κ2) is 8.61. The standard InChI is InChI=1S/C15H21BrN2O2.ClH/c1-11-10-17-7-8-18(11)15(19)6-4-12-3-5-14(20-2)13(16)9-12;/h3,5,9,11,17H,4,6-8,10H2,1-2H3;1H/t11-;/m1./s1. The lowest BCUT2D eigenvalue weighted by Gasteiger charge is -2.34. The number of carbonyl (C=O) groups excluding carboxylic acids is 1. The number of nitrogens with one attached hydrogen (secondary N) is 1. The summed E-state index contributed by atoms with van der Waals surface area (Å²) in [6.07, 6.45) is 1.32. The molecule has 1 aliphatic rings. The summed E-state index contributed by atoms with van der Waals surface area (Å²) in [5.74, 6) is 1.06. The Morgan fingerprint density at radius 1 is 1.52 bits per heavy atom. The Labute approximate surface area is 140 Å². The minimum atomic E-state index is 0. The van der Waals surface area contributed by atoms with Crippen molar-refractivity contribution in [3.05, 3.63) is 28.2 Å². The van der Waals surface area contributed by atoms with E-state index in [1.807, 2.05) is 23.1 Å². The highest BCUT2D eigenvalue weighted by molar-refractivity contribution is 9.10. The molecule has 1 aromatic rings. The average molecular weight is 378 g/mol. The van der Waals surface area contributed by atoms with Gasteiger partial charge in [-0.3, -0.25) is 4.79 Å². The van der Waals surface area contributed by atoms with Gasteiger partial charge in [-0.2, -0.15) is 0 Å². The van der Waals surface area contributed by atoms with Crippen LogP contribution in [0.4, 0.5) is 0 Å². The first-order chi connectivity index (χ1) is 9.61. The van der Waals surface area contributed by atoms with Gasteiger partial charge in [0.05, 0.1) is 11.6 Å². The normalized spacial score (nSPS) is 18.0. The topological polar surface area (TPSA) is 41.6 Å². The molecule has 0 spiro atoms. The molecule has 0 bridgehead atoms. The van der Waals surface area contributed by atoms with Crippen molar-refractivity contribution in [1.82, 2.24) is 10.2 Å². The molecule has 1 amide bonds. The molecular formula is C15H22BrClN2O2. The van der Waals surface area contributed by atoms with Crippen LogP contribution in [-0.4, -0.2) is 43.6 Å². The third kappa shape index (κ3) is 4.87. The molecule has 0 saturated carbocycles. The van der Waals surface area contributed by atoms with Crippen LogP contribution in [0.1, 0.15) is 18.9 Å². The third-order valence-electron chi connectivity index (χ3n) is 3.67. The van der Waals surface area contributed by atoms with E-state index in [9.17, 15) is 4.79 Å². The molecule has 1 saturated heterocycles. The first-order valence-electron chi connectivity index (χ1n) is 6.94. The fourth-order valence-corrected chi connectivity index (χ4v) is 3.06. The van der Waals surface area contributed by atoms with Gasteiger partial charge in [-0.25, -0.2) is 0 Å². The number of nitrogens with zero attached hydrogens (tertiary/aromatic N) is 1. The van der Waals surface area contributed by atoms with Gasteiger partial charge in [-0.05, 0) is 47.0 Å². The summed E-state index contributed by atoms with van der Waals surface area (Å²) in [4.78, 5) is 14.2. The fourth-order valence-electron chi connectivity index (χ4n) is 2.47. The van der Waals surface area contributed by atoms with E-state index >= 15 is 0 Å². The van der Waals surface area contributed by atoms with Crippen LogP contribution in [0, 0.1) is 0 Å². The monoisotopic (exact) mass is 376 g/mol. The minimum Gasteiger partial charge on any atom is -0.496 e. The highest BCUT2D eigenvalue weighted by Crippen LogP contribution is 2.26. The van der Waals surface area contributed by atoms with Crippen molar-refractivity contribution in [2.45, 2.75) is 25.8 Å². The van der Waals surface area contributed by atoms with Crippen LogP contribution in [0.25, 0.3) is 0 Å². The van der Waals surface area contributed by atoms with Gasteiger partial charge in [0.15, 0.2) is 0 Å². The van der Waals surface area contributed by atoms with Gasteiger partial charge in [0.1, 0.15) is 5.75 Å². The number of aryl methyl sites for hydroxylation is 1. The molecule has 1 aromatic carbocycles. The van der Waals surface area contributed by atoms with Crippen molar-refractivity contribution in [3.63, 3.8) is 0 Å². The molecule has 6 heteroatoms. The van der Waals surface area contributed by atoms with Crippen LogP contribution in [0.5, 0.6) is 5.75 Å². The van der Waals surface area contributed by atoms with Crippen molar-refractivity contribution in [1.29, 1.82) is 0 Å². The van der Waals surface area contributed by atoms with E-state index in [2.05, 4.69) is 28.2 Å². The van der Waals surface area contributed by atoms with E-state index in [1.165, 1.54) is 0 Å². The molecular weight excluding hydrogens is 356 g/mol. The van der Waals surface area contributed by atoms with Crippen molar-refractivity contribution in [2.75, 3.05) is 26.7 Å². The van der Waals surface area contributed by atoms with E-state index in [0.29, 0.717) is 12.5 Å². The van der Waals surface area contributed by atoms with Crippen LogP contribution in [-0.2, 0) is 11.2 Å². The Balaban J connectivity index is 0.00000220. The maximum atomic E-state index is 12.3. The van der Waals surface area contributed by atoms with Gasteiger partial charge in [-0.1, -0.05) is 6.07 Å². The van der Waals surface area contributed by atoms with Gasteiger partial charge < -0.3 is 15.0 Å². The number of methoxy groups -OCH3 is 1. The minimum absolute atomic E-state index is 0. The van der Waals surface area contributed by atoms with Crippen molar-refractivity contribution >= 4 is 34.2 Å². The SMILES string of the molecule is COc1ccc(CCC(=O)N2CCNC[C@H]2C)cc1Br.Cl. The van der Waals surface area contributed by atoms with Gasteiger partial charge in [0.2, 0.25) is 5.91 Å². The van der Waals surface area contributed by atoms with Gasteiger partial charge in [0.25, 0.3) is 0 Å². The van der Waals surface area contributed by atoms with Gasteiger partial charge in [-0.15, -0.1) is 12.4 Å². The molecule has 0 aromatic heterocycles. The van der Waals surface area contributed by atoms with E-state index in [0.717, 1.165) is 41.8 Å². The number of carbonyl (C=O) groups is 1. The average Bonchev–Trinajstić information content (AvgIpc) is 2.45. The number of hydrogen-bond acceptors (Lipinski definition) is 3. The summed E-state index contributed by atoms with van der Waals surface area (Å²) >= 11 is 3.47. The predicted octanol–water partition coefficient (Wildman–Crippen LogP) is 2.63. The lowest BCUT2D eigenvalue weighted by atomic mass is 10.1. The zero-order chi connectivity index (χ0) is 14.5. The zero-order valence-corrected chi connectivity index (χ0v) is 14.8. The fraction of sp³-hybridized carbons (Fsp3) is 0.533. The number of piperazine rings is 1.